The lowest BCUT2D eigenvalue weighted by atomic mass is 10.2. The van der Waals surface area contributed by atoms with Gasteiger partial charge in [-0.25, -0.2) is 13.4 Å². The third-order valence-electron chi connectivity index (χ3n) is 4.55. The molecule has 1 aliphatic rings. The fourth-order valence-corrected chi connectivity index (χ4v) is 4.77. The van der Waals surface area contributed by atoms with Gasteiger partial charge in [0, 0.05) is 44.1 Å². The molecule has 8 nitrogen and oxygen atoms in total. The fraction of sp³-hybridized carbons (Fsp3) is 0.444. The Bertz CT molecular complexity index is 875. The minimum absolute atomic E-state index is 0.0398. The molecule has 1 aromatic carbocycles. The van der Waals surface area contributed by atoms with E-state index in [-0.39, 0.29) is 16.6 Å². The highest BCUT2D eigenvalue weighted by molar-refractivity contribution is 7.89. The number of nitrogens with one attached hydrogen (secondary N) is 1. The summed E-state index contributed by atoms with van der Waals surface area (Å²) in [6.45, 7) is 2.22. The Morgan fingerprint density at radius 3 is 2.74 bits per heavy atom. The zero-order valence-electron chi connectivity index (χ0n) is 15.3. The second kappa shape index (κ2) is 8.53. The first kappa shape index (κ1) is 19.4. The van der Waals surface area contributed by atoms with Gasteiger partial charge in [-0.2, -0.15) is 4.31 Å². The Hall–Kier alpha value is -2.39. The van der Waals surface area contributed by atoms with Crippen molar-refractivity contribution >= 4 is 15.9 Å². The minimum atomic E-state index is -3.67. The number of methoxy groups -OCH3 is 1. The van der Waals surface area contributed by atoms with Crippen molar-refractivity contribution in [3.8, 4) is 5.75 Å². The topological polar surface area (TPSA) is 93.5 Å². The number of ether oxygens (including phenoxy) is 1. The second-order valence-electron chi connectivity index (χ2n) is 6.39. The maximum Gasteiger partial charge on any atom is 0.251 e. The van der Waals surface area contributed by atoms with E-state index in [1.54, 1.807) is 18.6 Å². The van der Waals surface area contributed by atoms with Gasteiger partial charge in [0.25, 0.3) is 5.91 Å². The molecule has 9 heteroatoms. The number of sulfonamides is 1. The van der Waals surface area contributed by atoms with Gasteiger partial charge in [0.1, 0.15) is 10.6 Å². The number of aromatic nitrogens is 2. The lowest BCUT2D eigenvalue weighted by molar-refractivity contribution is 0.0952. The minimum Gasteiger partial charge on any atom is -0.495 e. The van der Waals surface area contributed by atoms with Crippen molar-refractivity contribution in [3.05, 3.63) is 42.5 Å². The number of hydrogen-bond donors (Lipinski definition) is 1. The number of aryl methyl sites for hydroxylation is 1. The maximum absolute atomic E-state index is 12.9. The Labute approximate surface area is 159 Å². The smallest absolute Gasteiger partial charge is 0.251 e. The molecular formula is C18H24N4O4S. The van der Waals surface area contributed by atoms with Gasteiger partial charge in [0.2, 0.25) is 10.0 Å². The van der Waals surface area contributed by atoms with Crippen LogP contribution in [0.25, 0.3) is 0 Å². The molecule has 1 amide bonds. The number of amides is 1. The summed E-state index contributed by atoms with van der Waals surface area (Å²) in [5.41, 5.74) is 0.302. The van der Waals surface area contributed by atoms with Gasteiger partial charge < -0.3 is 14.6 Å². The van der Waals surface area contributed by atoms with Gasteiger partial charge in [-0.3, -0.25) is 4.79 Å². The summed E-state index contributed by atoms with van der Waals surface area (Å²) in [6.07, 6.45) is 7.73. The number of rotatable bonds is 8. The predicted octanol–water partition coefficient (Wildman–Crippen LogP) is 1.50. The van der Waals surface area contributed by atoms with Crippen LogP contribution >= 0.6 is 0 Å². The Kier molecular flexibility index (Phi) is 6.12. The van der Waals surface area contributed by atoms with Crippen LogP contribution in [0.5, 0.6) is 5.75 Å². The van der Waals surface area contributed by atoms with Crippen LogP contribution in [0, 0.1) is 0 Å². The van der Waals surface area contributed by atoms with Crippen LogP contribution in [0.3, 0.4) is 0 Å². The average molecular weight is 392 g/mol. The number of imidazole rings is 1. The van der Waals surface area contributed by atoms with Gasteiger partial charge in [-0.05, 0) is 37.5 Å². The van der Waals surface area contributed by atoms with Crippen molar-refractivity contribution in [1.82, 2.24) is 19.2 Å². The quantitative estimate of drug-likeness (QED) is 0.687. The molecule has 0 bridgehead atoms. The molecule has 2 heterocycles. The van der Waals surface area contributed by atoms with E-state index in [0.717, 1.165) is 25.8 Å². The van der Waals surface area contributed by atoms with E-state index in [1.165, 1.54) is 23.5 Å². The van der Waals surface area contributed by atoms with Gasteiger partial charge in [-0.1, -0.05) is 0 Å². The van der Waals surface area contributed by atoms with Crippen molar-refractivity contribution in [3.63, 3.8) is 0 Å². The first-order chi connectivity index (χ1) is 13.0. The summed E-state index contributed by atoms with van der Waals surface area (Å²) in [7, 11) is -2.25. The van der Waals surface area contributed by atoms with Gasteiger partial charge in [0.05, 0.1) is 13.4 Å². The molecule has 0 unspecified atom stereocenters. The van der Waals surface area contributed by atoms with Crippen LogP contribution in [-0.2, 0) is 16.6 Å². The van der Waals surface area contributed by atoms with Crippen LogP contribution in [0.2, 0.25) is 0 Å². The monoisotopic (exact) mass is 392 g/mol. The normalized spacial score (nSPS) is 15.0. The van der Waals surface area contributed by atoms with Crippen LogP contribution in [-0.4, -0.2) is 54.9 Å². The SMILES string of the molecule is COc1ccc(C(=O)NCCCn2ccnc2)cc1S(=O)(=O)N1CCCC1. The van der Waals surface area contributed by atoms with E-state index < -0.39 is 10.0 Å². The van der Waals surface area contributed by atoms with Crippen LogP contribution in [0.4, 0.5) is 0 Å². The van der Waals surface area contributed by atoms with E-state index >= 15 is 0 Å². The molecule has 1 saturated heterocycles. The average Bonchev–Trinajstić information content (AvgIpc) is 3.38. The van der Waals surface area contributed by atoms with Gasteiger partial charge in [0.15, 0.2) is 0 Å². The van der Waals surface area contributed by atoms with Crippen LogP contribution < -0.4 is 10.1 Å². The third kappa shape index (κ3) is 4.48. The molecule has 27 heavy (non-hydrogen) atoms. The highest BCUT2D eigenvalue weighted by atomic mass is 32.2. The number of benzene rings is 1. The van der Waals surface area contributed by atoms with Crippen molar-refractivity contribution in [1.29, 1.82) is 0 Å². The number of carbonyl (C=O) groups excluding carboxylic acids is 1. The first-order valence-electron chi connectivity index (χ1n) is 8.94. The molecule has 0 aliphatic carbocycles. The van der Waals surface area contributed by atoms with E-state index in [1.807, 2.05) is 10.8 Å². The summed E-state index contributed by atoms with van der Waals surface area (Å²) in [5, 5.41) is 2.83. The van der Waals surface area contributed by atoms with Crippen molar-refractivity contribution < 1.29 is 17.9 Å². The molecule has 0 atom stereocenters. The molecule has 1 aromatic heterocycles. The number of hydrogen-bond acceptors (Lipinski definition) is 5. The number of nitrogens with zero attached hydrogens (tertiary/aromatic N) is 3. The summed E-state index contributed by atoms with van der Waals surface area (Å²) in [6, 6.07) is 4.51. The zero-order valence-corrected chi connectivity index (χ0v) is 16.1. The van der Waals surface area contributed by atoms with Crippen molar-refractivity contribution in [2.45, 2.75) is 30.7 Å². The lowest BCUT2D eigenvalue weighted by Crippen LogP contribution is -2.29. The van der Waals surface area contributed by atoms with E-state index in [4.69, 9.17) is 4.74 Å². The highest BCUT2D eigenvalue weighted by Gasteiger charge is 2.30. The summed E-state index contributed by atoms with van der Waals surface area (Å²) >= 11 is 0. The molecule has 2 aromatic rings. The molecule has 0 radical (unpaired) electrons. The third-order valence-corrected chi connectivity index (χ3v) is 6.47. The Morgan fingerprint density at radius 1 is 1.30 bits per heavy atom. The van der Waals surface area contributed by atoms with Crippen LogP contribution in [0.1, 0.15) is 29.6 Å². The highest BCUT2D eigenvalue weighted by Crippen LogP contribution is 2.29. The van der Waals surface area contributed by atoms with E-state index in [9.17, 15) is 13.2 Å². The molecule has 0 spiro atoms. The first-order valence-corrected chi connectivity index (χ1v) is 10.4. The molecule has 1 fully saturated rings. The maximum atomic E-state index is 12.9. The summed E-state index contributed by atoms with van der Waals surface area (Å²) in [4.78, 5) is 16.4. The molecule has 146 valence electrons. The molecule has 1 aliphatic heterocycles. The molecule has 0 saturated carbocycles. The summed E-state index contributed by atoms with van der Waals surface area (Å²) in [5.74, 6) is -0.0558. The van der Waals surface area contributed by atoms with Gasteiger partial charge in [-0.15, -0.1) is 0 Å². The second-order valence-corrected chi connectivity index (χ2v) is 8.29. The Morgan fingerprint density at radius 2 is 2.07 bits per heavy atom. The van der Waals surface area contributed by atoms with Crippen LogP contribution in [0.15, 0.2) is 41.8 Å². The van der Waals surface area contributed by atoms with E-state index in [2.05, 4.69) is 10.3 Å². The largest absolute Gasteiger partial charge is 0.495 e. The van der Waals surface area contributed by atoms with Crippen molar-refractivity contribution in [2.24, 2.45) is 0 Å². The molecular weight excluding hydrogens is 368 g/mol. The van der Waals surface area contributed by atoms with Gasteiger partial charge >= 0.3 is 0 Å². The lowest BCUT2D eigenvalue weighted by Gasteiger charge is -2.18. The summed E-state index contributed by atoms with van der Waals surface area (Å²) < 4.78 is 34.4. The molecule has 3 rings (SSSR count). The fourth-order valence-electron chi connectivity index (χ4n) is 3.07. The Balaban J connectivity index is 1.69. The van der Waals surface area contributed by atoms with Crippen molar-refractivity contribution in [2.75, 3.05) is 26.7 Å². The van der Waals surface area contributed by atoms with E-state index in [0.29, 0.717) is 25.2 Å². The standard InChI is InChI=1S/C18H24N4O4S/c1-26-16-6-5-15(13-17(16)27(24,25)22-10-2-3-11-22)18(23)20-7-4-9-21-12-8-19-14-21/h5-6,8,12-14H,2-4,7,9-11H2,1H3,(H,20,23). The molecule has 1 N–H and O–H groups in total. The zero-order chi connectivity index (χ0) is 19.3. The number of carbonyl (C=O) groups is 1. The predicted molar refractivity (Wildman–Crippen MR) is 100 cm³/mol.